The number of aliphatic hydroxyl groups is 1. The predicted octanol–water partition coefficient (Wildman–Crippen LogP) is 2.33. The molecule has 3 rings (SSSR count). The van der Waals surface area contributed by atoms with E-state index in [1.165, 1.54) is 12.4 Å². The Morgan fingerprint density at radius 2 is 1.95 bits per heavy atom. The Balaban J connectivity index is 1.76. The third-order valence-electron chi connectivity index (χ3n) is 3.63. The Morgan fingerprint density at radius 1 is 1.23 bits per heavy atom. The van der Waals surface area contributed by atoms with Gasteiger partial charge in [-0.05, 0) is 0 Å². The smallest absolute Gasteiger partial charge is 0.316 e. The van der Waals surface area contributed by atoms with Crippen molar-refractivity contribution in [1.82, 2.24) is 9.97 Å². The molecule has 1 fully saturated rings. The van der Waals surface area contributed by atoms with Crippen molar-refractivity contribution < 1.29 is 19.0 Å². The molecule has 1 aliphatic heterocycles. The molecule has 0 saturated carbocycles. The van der Waals surface area contributed by atoms with Gasteiger partial charge in [0.05, 0.1) is 19.8 Å². The van der Waals surface area contributed by atoms with Crippen molar-refractivity contribution >= 4 is 0 Å². The van der Waals surface area contributed by atoms with E-state index in [1.807, 2.05) is 0 Å². The molecule has 0 unspecified atom stereocenters. The summed E-state index contributed by atoms with van der Waals surface area (Å²) >= 11 is 0. The maximum Gasteiger partial charge on any atom is 0.316 e. The quantitative estimate of drug-likeness (QED) is 0.939. The molecule has 1 aliphatic rings. The van der Waals surface area contributed by atoms with Crippen molar-refractivity contribution in [2.45, 2.75) is 25.6 Å². The number of aliphatic hydroxyl groups excluding tert-OH is 1. The standard InChI is InChI=1S/C16H17FN2O3/c17-15-11(10-20)2-1-3-14(15)12-8-18-16(19-9-12)22-13-4-6-21-7-5-13/h1-3,8-9,13,20H,4-7,10H2. The van der Waals surface area contributed by atoms with Crippen LogP contribution in [0.1, 0.15) is 18.4 Å². The van der Waals surface area contributed by atoms with Crippen LogP contribution in [-0.4, -0.2) is 34.4 Å². The van der Waals surface area contributed by atoms with Gasteiger partial charge in [0.2, 0.25) is 0 Å². The largest absolute Gasteiger partial charge is 0.460 e. The summed E-state index contributed by atoms with van der Waals surface area (Å²) in [5.41, 5.74) is 1.16. The van der Waals surface area contributed by atoms with Gasteiger partial charge in [-0.15, -0.1) is 0 Å². The average molecular weight is 304 g/mol. The molecule has 0 amide bonds. The summed E-state index contributed by atoms with van der Waals surface area (Å²) in [4.78, 5) is 8.28. The molecule has 0 aliphatic carbocycles. The molecular formula is C16H17FN2O3. The van der Waals surface area contributed by atoms with Crippen molar-refractivity contribution in [3.63, 3.8) is 0 Å². The molecule has 2 aromatic rings. The Hall–Kier alpha value is -2.05. The Morgan fingerprint density at radius 3 is 2.64 bits per heavy atom. The minimum atomic E-state index is -0.452. The number of nitrogens with zero attached hydrogens (tertiary/aromatic N) is 2. The first-order valence-corrected chi connectivity index (χ1v) is 7.23. The highest BCUT2D eigenvalue weighted by Crippen LogP contribution is 2.25. The van der Waals surface area contributed by atoms with Gasteiger partial charge in [-0.25, -0.2) is 14.4 Å². The van der Waals surface area contributed by atoms with Crippen LogP contribution in [0.4, 0.5) is 4.39 Å². The monoisotopic (exact) mass is 304 g/mol. The lowest BCUT2D eigenvalue weighted by atomic mass is 10.1. The predicted molar refractivity (Wildman–Crippen MR) is 77.8 cm³/mol. The molecule has 1 N–H and O–H groups in total. The first-order chi connectivity index (χ1) is 10.8. The molecular weight excluding hydrogens is 287 g/mol. The second-order valence-electron chi connectivity index (χ2n) is 5.12. The number of ether oxygens (including phenoxy) is 2. The van der Waals surface area contributed by atoms with E-state index in [4.69, 9.17) is 14.6 Å². The average Bonchev–Trinajstić information content (AvgIpc) is 2.57. The lowest BCUT2D eigenvalue weighted by Crippen LogP contribution is -2.26. The normalized spacial score (nSPS) is 15.7. The van der Waals surface area contributed by atoms with Crippen molar-refractivity contribution in [1.29, 1.82) is 0 Å². The third kappa shape index (κ3) is 3.23. The van der Waals surface area contributed by atoms with Crippen LogP contribution in [0.2, 0.25) is 0 Å². The van der Waals surface area contributed by atoms with Gasteiger partial charge in [-0.1, -0.05) is 18.2 Å². The van der Waals surface area contributed by atoms with Crippen LogP contribution in [0.15, 0.2) is 30.6 Å². The second-order valence-corrected chi connectivity index (χ2v) is 5.12. The summed E-state index contributed by atoms with van der Waals surface area (Å²) in [6, 6.07) is 5.15. The maximum absolute atomic E-state index is 14.2. The lowest BCUT2D eigenvalue weighted by molar-refractivity contribution is 0.0217. The minimum Gasteiger partial charge on any atom is -0.460 e. The molecule has 0 spiro atoms. The summed E-state index contributed by atoms with van der Waals surface area (Å²) in [5, 5.41) is 9.11. The molecule has 1 saturated heterocycles. The molecule has 0 atom stereocenters. The van der Waals surface area contributed by atoms with Gasteiger partial charge in [0.25, 0.3) is 0 Å². The van der Waals surface area contributed by atoms with E-state index >= 15 is 0 Å². The topological polar surface area (TPSA) is 64.5 Å². The van der Waals surface area contributed by atoms with Gasteiger partial charge >= 0.3 is 6.01 Å². The van der Waals surface area contributed by atoms with E-state index in [-0.39, 0.29) is 24.3 Å². The van der Waals surface area contributed by atoms with Crippen LogP contribution in [0.5, 0.6) is 6.01 Å². The van der Waals surface area contributed by atoms with E-state index in [0.717, 1.165) is 12.8 Å². The number of halogens is 1. The fraction of sp³-hybridized carbons (Fsp3) is 0.375. The second kappa shape index (κ2) is 6.81. The number of hydrogen-bond acceptors (Lipinski definition) is 5. The molecule has 1 aromatic carbocycles. The molecule has 1 aromatic heterocycles. The van der Waals surface area contributed by atoms with Gasteiger partial charge in [-0.2, -0.15) is 0 Å². The van der Waals surface area contributed by atoms with Gasteiger partial charge < -0.3 is 14.6 Å². The van der Waals surface area contributed by atoms with Crippen LogP contribution >= 0.6 is 0 Å². The number of aromatic nitrogens is 2. The minimum absolute atomic E-state index is 0.0639. The summed E-state index contributed by atoms with van der Waals surface area (Å²) < 4.78 is 25.1. The van der Waals surface area contributed by atoms with Gasteiger partial charge in [-0.3, -0.25) is 0 Å². The highest BCUT2D eigenvalue weighted by Gasteiger charge is 2.17. The highest BCUT2D eigenvalue weighted by molar-refractivity contribution is 5.63. The molecule has 2 heterocycles. The Kier molecular flexibility index (Phi) is 4.60. The van der Waals surface area contributed by atoms with Crippen molar-refractivity contribution in [3.8, 4) is 17.1 Å². The first-order valence-electron chi connectivity index (χ1n) is 7.23. The fourth-order valence-electron chi connectivity index (χ4n) is 2.38. The molecule has 22 heavy (non-hydrogen) atoms. The van der Waals surface area contributed by atoms with E-state index in [9.17, 15) is 4.39 Å². The number of rotatable bonds is 4. The van der Waals surface area contributed by atoms with E-state index in [1.54, 1.807) is 18.2 Å². The third-order valence-corrected chi connectivity index (χ3v) is 3.63. The zero-order valence-corrected chi connectivity index (χ0v) is 12.0. The molecule has 6 heteroatoms. The van der Waals surface area contributed by atoms with E-state index in [2.05, 4.69) is 9.97 Å². The van der Waals surface area contributed by atoms with Crippen molar-refractivity contribution in [3.05, 3.63) is 42.0 Å². The number of benzene rings is 1. The SMILES string of the molecule is OCc1cccc(-c2cnc(OC3CCOCC3)nc2)c1F. The van der Waals surface area contributed by atoms with Gasteiger partial charge in [0.1, 0.15) is 11.9 Å². The summed E-state index contributed by atoms with van der Waals surface area (Å²) in [7, 11) is 0. The van der Waals surface area contributed by atoms with Crippen LogP contribution in [0.3, 0.4) is 0 Å². The zero-order valence-electron chi connectivity index (χ0n) is 12.0. The lowest BCUT2D eigenvalue weighted by Gasteiger charge is -2.22. The summed E-state index contributed by atoms with van der Waals surface area (Å²) in [6.45, 7) is 1.02. The van der Waals surface area contributed by atoms with Crippen molar-refractivity contribution in [2.24, 2.45) is 0 Å². The van der Waals surface area contributed by atoms with Gasteiger partial charge in [0.15, 0.2) is 0 Å². The first kappa shape index (κ1) is 14.9. The fourth-order valence-corrected chi connectivity index (χ4v) is 2.38. The Bertz CT molecular complexity index is 628. The van der Waals surface area contributed by atoms with E-state index < -0.39 is 5.82 Å². The van der Waals surface area contributed by atoms with Crippen molar-refractivity contribution in [2.75, 3.05) is 13.2 Å². The van der Waals surface area contributed by atoms with Gasteiger partial charge in [0, 0.05) is 41.9 Å². The molecule has 0 bridgehead atoms. The molecule has 116 valence electrons. The maximum atomic E-state index is 14.2. The van der Waals surface area contributed by atoms with Crippen LogP contribution in [-0.2, 0) is 11.3 Å². The summed E-state index contributed by atoms with van der Waals surface area (Å²) in [5.74, 6) is -0.452. The highest BCUT2D eigenvalue weighted by atomic mass is 19.1. The number of hydrogen-bond donors (Lipinski definition) is 1. The molecule has 0 radical (unpaired) electrons. The molecule has 5 nitrogen and oxygen atoms in total. The summed E-state index contributed by atoms with van der Waals surface area (Å²) in [6.07, 6.45) is 4.76. The van der Waals surface area contributed by atoms with E-state index in [0.29, 0.717) is 24.3 Å². The zero-order chi connectivity index (χ0) is 15.4. The van der Waals surface area contributed by atoms with Crippen LogP contribution in [0.25, 0.3) is 11.1 Å². The van der Waals surface area contributed by atoms with Crippen LogP contribution in [0, 0.1) is 5.82 Å². The Labute approximate surface area is 127 Å². The van der Waals surface area contributed by atoms with Crippen LogP contribution < -0.4 is 4.74 Å².